The Morgan fingerprint density at radius 2 is 2.14 bits per heavy atom. The van der Waals surface area contributed by atoms with Crippen LogP contribution in [0.3, 0.4) is 0 Å². The van der Waals surface area contributed by atoms with E-state index in [0.29, 0.717) is 11.9 Å². The van der Waals surface area contributed by atoms with Crippen LogP contribution in [-0.4, -0.2) is 15.4 Å². The van der Waals surface area contributed by atoms with Gasteiger partial charge < -0.3 is 11.1 Å². The zero-order chi connectivity index (χ0) is 14.8. The number of hydrogen-bond donors (Lipinski definition) is 2. The average molecular weight is 323 g/mol. The van der Waals surface area contributed by atoms with E-state index in [0.717, 1.165) is 27.2 Å². The molecule has 1 aliphatic rings. The molecule has 4 nitrogen and oxygen atoms in total. The van der Waals surface area contributed by atoms with Gasteiger partial charge >= 0.3 is 0 Å². The fourth-order valence-electron chi connectivity index (χ4n) is 2.94. The van der Waals surface area contributed by atoms with Crippen molar-refractivity contribution in [3.8, 4) is 11.3 Å². The largest absolute Gasteiger partial charge is 0.382 e. The number of anilines is 2. The molecule has 2 atom stereocenters. The molecule has 2 aromatic heterocycles. The third kappa shape index (κ3) is 3.37. The highest BCUT2D eigenvalue weighted by Crippen LogP contribution is 2.38. The Labute approximate surface area is 134 Å². The molecule has 3 N–H and O–H groups in total. The Morgan fingerprint density at radius 1 is 1.29 bits per heavy atom. The van der Waals surface area contributed by atoms with Crippen molar-refractivity contribution < 1.29 is 0 Å². The van der Waals surface area contributed by atoms with Gasteiger partial charge in [0, 0.05) is 11.4 Å². The summed E-state index contributed by atoms with van der Waals surface area (Å²) in [6.45, 7) is 4.38. The van der Waals surface area contributed by atoms with Gasteiger partial charge in [-0.2, -0.15) is 4.37 Å². The third-order valence-electron chi connectivity index (χ3n) is 4.19. The molecule has 2 aromatic rings. The molecule has 0 bridgehead atoms. The minimum absolute atomic E-state index is 0.535. The minimum atomic E-state index is 0.535. The van der Waals surface area contributed by atoms with Crippen LogP contribution in [0.25, 0.3) is 11.3 Å². The van der Waals surface area contributed by atoms with Crippen LogP contribution in [0.1, 0.15) is 44.0 Å². The van der Waals surface area contributed by atoms with Crippen molar-refractivity contribution >= 4 is 33.7 Å². The lowest BCUT2D eigenvalue weighted by Gasteiger charge is -2.17. The Bertz CT molecular complexity index is 605. The predicted molar refractivity (Wildman–Crippen MR) is 92.0 cm³/mol. The summed E-state index contributed by atoms with van der Waals surface area (Å²) in [5.41, 5.74) is 8.00. The van der Waals surface area contributed by atoms with Gasteiger partial charge in [0.25, 0.3) is 0 Å². The van der Waals surface area contributed by atoms with Gasteiger partial charge in [-0.25, -0.2) is 4.98 Å². The molecule has 0 radical (unpaired) electrons. The maximum absolute atomic E-state index is 6.06. The van der Waals surface area contributed by atoms with Crippen LogP contribution in [0.4, 0.5) is 10.8 Å². The number of aromatic nitrogens is 2. The molecule has 0 spiro atoms. The lowest BCUT2D eigenvalue weighted by atomic mass is 10.0. The Balaban J connectivity index is 1.80. The predicted octanol–water partition coefficient (Wildman–Crippen LogP) is 4.54. The van der Waals surface area contributed by atoms with Crippen molar-refractivity contribution in [3.63, 3.8) is 0 Å². The first-order chi connectivity index (χ1) is 10.1. The van der Waals surface area contributed by atoms with Crippen LogP contribution in [0.15, 0.2) is 5.38 Å². The second-order valence-corrected chi connectivity index (χ2v) is 7.81. The number of nitrogens with zero attached hydrogens (tertiary/aromatic N) is 2. The number of rotatable bonds is 3. The van der Waals surface area contributed by atoms with Crippen molar-refractivity contribution in [1.29, 1.82) is 0 Å². The van der Waals surface area contributed by atoms with Gasteiger partial charge in [-0.05, 0) is 43.6 Å². The zero-order valence-corrected chi connectivity index (χ0v) is 14.2. The summed E-state index contributed by atoms with van der Waals surface area (Å²) in [6.07, 6.45) is 6.42. The first kappa shape index (κ1) is 14.8. The van der Waals surface area contributed by atoms with Crippen LogP contribution in [0.2, 0.25) is 0 Å². The van der Waals surface area contributed by atoms with Gasteiger partial charge in [-0.1, -0.05) is 19.8 Å². The van der Waals surface area contributed by atoms with E-state index in [2.05, 4.69) is 27.0 Å². The van der Waals surface area contributed by atoms with Gasteiger partial charge in [0.1, 0.15) is 10.8 Å². The van der Waals surface area contributed by atoms with Crippen molar-refractivity contribution in [2.24, 2.45) is 5.92 Å². The second kappa shape index (κ2) is 6.32. The van der Waals surface area contributed by atoms with E-state index in [9.17, 15) is 0 Å². The van der Waals surface area contributed by atoms with E-state index in [4.69, 9.17) is 5.73 Å². The lowest BCUT2D eigenvalue weighted by Crippen LogP contribution is -2.18. The van der Waals surface area contributed by atoms with E-state index in [1.54, 1.807) is 11.3 Å². The van der Waals surface area contributed by atoms with Gasteiger partial charge in [0.05, 0.1) is 16.3 Å². The maximum atomic E-state index is 6.06. The number of aryl methyl sites for hydroxylation is 1. The van der Waals surface area contributed by atoms with Crippen molar-refractivity contribution in [2.45, 2.75) is 52.0 Å². The zero-order valence-electron chi connectivity index (χ0n) is 12.6. The lowest BCUT2D eigenvalue weighted by molar-refractivity contribution is 0.502. The number of nitrogens with two attached hydrogens (primary N) is 1. The molecule has 2 unspecified atom stereocenters. The van der Waals surface area contributed by atoms with Crippen molar-refractivity contribution in [2.75, 3.05) is 11.1 Å². The van der Waals surface area contributed by atoms with Crippen molar-refractivity contribution in [1.82, 2.24) is 9.36 Å². The van der Waals surface area contributed by atoms with Crippen LogP contribution in [-0.2, 0) is 0 Å². The quantitative estimate of drug-likeness (QED) is 0.814. The second-order valence-electron chi connectivity index (χ2n) is 5.98. The fraction of sp³-hybridized carbons (Fsp3) is 0.600. The number of nitrogens with one attached hydrogen (secondary N) is 1. The van der Waals surface area contributed by atoms with E-state index in [1.807, 2.05) is 6.92 Å². The van der Waals surface area contributed by atoms with Gasteiger partial charge in [-0.15, -0.1) is 11.3 Å². The highest BCUT2D eigenvalue weighted by Gasteiger charge is 2.21. The average Bonchev–Trinajstić information content (AvgIpc) is 2.95. The maximum Gasteiger partial charge on any atom is 0.148 e. The topological polar surface area (TPSA) is 63.8 Å². The summed E-state index contributed by atoms with van der Waals surface area (Å²) in [7, 11) is 0. The monoisotopic (exact) mass is 322 g/mol. The molecule has 1 aliphatic carbocycles. The van der Waals surface area contributed by atoms with Gasteiger partial charge in [0.2, 0.25) is 0 Å². The molecule has 0 amide bonds. The molecule has 21 heavy (non-hydrogen) atoms. The first-order valence-electron chi connectivity index (χ1n) is 7.57. The molecule has 0 aliphatic heterocycles. The number of hydrogen-bond acceptors (Lipinski definition) is 6. The summed E-state index contributed by atoms with van der Waals surface area (Å²) in [4.78, 5) is 4.56. The highest BCUT2D eigenvalue weighted by atomic mass is 32.1. The molecular weight excluding hydrogens is 300 g/mol. The van der Waals surface area contributed by atoms with Crippen LogP contribution < -0.4 is 11.1 Å². The summed E-state index contributed by atoms with van der Waals surface area (Å²) in [6, 6.07) is 0.535. The third-order valence-corrected chi connectivity index (χ3v) is 5.75. The van der Waals surface area contributed by atoms with E-state index < -0.39 is 0 Å². The Hall–Kier alpha value is -1.14. The summed E-state index contributed by atoms with van der Waals surface area (Å²) >= 11 is 3.11. The number of nitrogen functional groups attached to an aromatic ring is 1. The summed E-state index contributed by atoms with van der Waals surface area (Å²) in [5, 5.41) is 7.89. The molecule has 3 rings (SSSR count). The SMILES string of the molecule is Cc1nc(-c2c(N)nsc2NC2CCCC(C)CC2)cs1. The summed E-state index contributed by atoms with van der Waals surface area (Å²) in [5.74, 6) is 1.44. The fourth-order valence-corrected chi connectivity index (χ4v) is 4.35. The minimum Gasteiger partial charge on any atom is -0.382 e. The van der Waals surface area contributed by atoms with Crippen LogP contribution in [0, 0.1) is 12.8 Å². The van der Waals surface area contributed by atoms with Crippen molar-refractivity contribution in [3.05, 3.63) is 10.4 Å². The molecule has 1 saturated carbocycles. The highest BCUT2D eigenvalue weighted by molar-refractivity contribution is 7.11. The normalized spacial score (nSPS) is 23.0. The molecule has 2 heterocycles. The van der Waals surface area contributed by atoms with Gasteiger partial charge in [0.15, 0.2) is 0 Å². The molecular formula is C15H22N4S2. The standard InChI is InChI=1S/C15H22N4S2/c1-9-4-3-5-11(7-6-9)18-15-13(14(16)19-21-15)12-8-20-10(2)17-12/h8-9,11,18H,3-7H2,1-2H3,(H2,16,19). The molecule has 0 aromatic carbocycles. The Kier molecular flexibility index (Phi) is 4.45. The molecule has 6 heteroatoms. The van der Waals surface area contributed by atoms with Gasteiger partial charge in [-0.3, -0.25) is 0 Å². The van der Waals surface area contributed by atoms with Crippen LogP contribution >= 0.6 is 22.9 Å². The van der Waals surface area contributed by atoms with Crippen LogP contribution in [0.5, 0.6) is 0 Å². The van der Waals surface area contributed by atoms with E-state index in [1.165, 1.54) is 43.6 Å². The van der Waals surface area contributed by atoms with E-state index in [-0.39, 0.29) is 0 Å². The number of thiazole rings is 1. The van der Waals surface area contributed by atoms with E-state index >= 15 is 0 Å². The Morgan fingerprint density at radius 3 is 2.90 bits per heavy atom. The molecule has 114 valence electrons. The molecule has 0 saturated heterocycles. The smallest absolute Gasteiger partial charge is 0.148 e. The first-order valence-corrected chi connectivity index (χ1v) is 9.23. The molecule has 1 fully saturated rings. The summed E-state index contributed by atoms with van der Waals surface area (Å²) < 4.78 is 4.33.